The number of nitriles is 1. The van der Waals surface area contributed by atoms with Crippen LogP contribution in [0.4, 0.5) is 0 Å². The van der Waals surface area contributed by atoms with E-state index in [-0.39, 0.29) is 5.92 Å². The average Bonchev–Trinajstić information content (AvgIpc) is 2.43. The Kier molecular flexibility index (Phi) is 3.96. The SMILES string of the molecule is CCCC(C#N)C(O)c1ccc2ccccc2c1. The van der Waals surface area contributed by atoms with Crippen LogP contribution in [0.15, 0.2) is 42.5 Å². The van der Waals surface area contributed by atoms with Crippen LogP contribution < -0.4 is 0 Å². The van der Waals surface area contributed by atoms with Crippen molar-refractivity contribution in [1.82, 2.24) is 0 Å². The van der Waals surface area contributed by atoms with Crippen LogP contribution in [0.3, 0.4) is 0 Å². The third kappa shape index (κ3) is 2.52. The smallest absolute Gasteiger partial charge is 0.0948 e. The van der Waals surface area contributed by atoms with Gasteiger partial charge in [-0.25, -0.2) is 0 Å². The molecule has 1 N–H and O–H groups in total. The maximum absolute atomic E-state index is 10.2. The van der Waals surface area contributed by atoms with Gasteiger partial charge in [-0.15, -0.1) is 0 Å². The monoisotopic (exact) mass is 239 g/mol. The molecule has 2 atom stereocenters. The second kappa shape index (κ2) is 5.66. The summed E-state index contributed by atoms with van der Waals surface area (Å²) in [5.74, 6) is -0.323. The lowest BCUT2D eigenvalue weighted by Crippen LogP contribution is -2.10. The molecule has 0 amide bonds. The predicted octanol–water partition coefficient (Wildman–Crippen LogP) is 3.81. The first-order chi connectivity index (χ1) is 8.76. The Morgan fingerprint density at radius 2 is 1.89 bits per heavy atom. The highest BCUT2D eigenvalue weighted by atomic mass is 16.3. The molecule has 18 heavy (non-hydrogen) atoms. The van der Waals surface area contributed by atoms with E-state index in [2.05, 4.69) is 6.07 Å². The minimum atomic E-state index is -0.695. The van der Waals surface area contributed by atoms with Crippen molar-refractivity contribution in [3.05, 3.63) is 48.0 Å². The van der Waals surface area contributed by atoms with Gasteiger partial charge in [-0.3, -0.25) is 0 Å². The predicted molar refractivity (Wildman–Crippen MR) is 72.9 cm³/mol. The number of hydrogen-bond donors (Lipinski definition) is 1. The third-order valence-corrected chi connectivity index (χ3v) is 3.26. The molecule has 0 spiro atoms. The maximum Gasteiger partial charge on any atom is 0.0948 e. The molecular formula is C16H17NO. The number of rotatable bonds is 4. The zero-order valence-electron chi connectivity index (χ0n) is 10.5. The van der Waals surface area contributed by atoms with Crippen LogP contribution in [0.25, 0.3) is 10.8 Å². The Labute approximate surface area is 107 Å². The Morgan fingerprint density at radius 3 is 2.56 bits per heavy atom. The van der Waals surface area contributed by atoms with Crippen LogP contribution in [0.2, 0.25) is 0 Å². The first-order valence-corrected chi connectivity index (χ1v) is 6.32. The third-order valence-electron chi connectivity index (χ3n) is 3.26. The molecule has 0 aromatic heterocycles. The highest BCUT2D eigenvalue weighted by Crippen LogP contribution is 2.27. The van der Waals surface area contributed by atoms with Crippen molar-refractivity contribution in [2.75, 3.05) is 0 Å². The normalized spacial score (nSPS) is 14.1. The molecule has 2 nitrogen and oxygen atoms in total. The van der Waals surface area contributed by atoms with Crippen molar-refractivity contribution in [3.63, 3.8) is 0 Å². The number of fused-ring (bicyclic) bond motifs is 1. The molecule has 2 heteroatoms. The van der Waals surface area contributed by atoms with Crippen LogP contribution >= 0.6 is 0 Å². The number of nitrogens with zero attached hydrogens (tertiary/aromatic N) is 1. The molecule has 0 aliphatic heterocycles. The molecule has 2 aromatic carbocycles. The summed E-state index contributed by atoms with van der Waals surface area (Å²) in [5, 5.41) is 21.6. The Bertz CT molecular complexity index is 571. The van der Waals surface area contributed by atoms with Crippen molar-refractivity contribution < 1.29 is 5.11 Å². The van der Waals surface area contributed by atoms with Gasteiger partial charge in [-0.2, -0.15) is 5.26 Å². The Morgan fingerprint density at radius 1 is 1.17 bits per heavy atom. The van der Waals surface area contributed by atoms with E-state index in [1.54, 1.807) is 0 Å². The second-order valence-electron chi connectivity index (χ2n) is 4.58. The maximum atomic E-state index is 10.2. The van der Waals surface area contributed by atoms with Crippen molar-refractivity contribution in [1.29, 1.82) is 5.26 Å². The lowest BCUT2D eigenvalue weighted by molar-refractivity contribution is 0.130. The standard InChI is InChI=1S/C16H17NO/c1-2-5-15(11-17)16(18)14-9-8-12-6-3-4-7-13(12)10-14/h3-4,6-10,15-16,18H,2,5H2,1H3. The lowest BCUT2D eigenvalue weighted by Gasteiger charge is -2.16. The second-order valence-corrected chi connectivity index (χ2v) is 4.58. The van der Waals surface area contributed by atoms with Gasteiger partial charge in [0.2, 0.25) is 0 Å². The van der Waals surface area contributed by atoms with Crippen LogP contribution in [0.5, 0.6) is 0 Å². The van der Waals surface area contributed by atoms with Crippen molar-refractivity contribution in [3.8, 4) is 6.07 Å². The van der Waals surface area contributed by atoms with Gasteiger partial charge in [0.25, 0.3) is 0 Å². The summed E-state index contributed by atoms with van der Waals surface area (Å²) in [6, 6.07) is 16.1. The molecule has 0 heterocycles. The van der Waals surface area contributed by atoms with Crippen LogP contribution in [0, 0.1) is 17.2 Å². The highest BCUT2D eigenvalue weighted by molar-refractivity contribution is 5.83. The van der Waals surface area contributed by atoms with Crippen molar-refractivity contribution in [2.24, 2.45) is 5.92 Å². The number of hydrogen-bond acceptors (Lipinski definition) is 2. The van der Waals surface area contributed by atoms with Crippen LogP contribution in [0.1, 0.15) is 31.4 Å². The van der Waals surface area contributed by atoms with Crippen LogP contribution in [-0.2, 0) is 0 Å². The van der Waals surface area contributed by atoms with Gasteiger partial charge in [0.15, 0.2) is 0 Å². The largest absolute Gasteiger partial charge is 0.387 e. The summed E-state index contributed by atoms with van der Waals surface area (Å²) in [6.45, 7) is 2.03. The van der Waals surface area contributed by atoms with Crippen molar-refractivity contribution >= 4 is 10.8 Å². The Balaban J connectivity index is 2.33. The number of benzene rings is 2. The fraction of sp³-hybridized carbons (Fsp3) is 0.312. The summed E-state index contributed by atoms with van der Waals surface area (Å²) in [5.41, 5.74) is 0.828. The van der Waals surface area contributed by atoms with E-state index in [0.717, 1.165) is 29.2 Å². The zero-order valence-corrected chi connectivity index (χ0v) is 10.5. The van der Waals surface area contributed by atoms with E-state index >= 15 is 0 Å². The minimum Gasteiger partial charge on any atom is -0.387 e. The van der Waals surface area contributed by atoms with Gasteiger partial charge in [0.1, 0.15) is 0 Å². The van der Waals surface area contributed by atoms with E-state index < -0.39 is 6.10 Å². The fourth-order valence-electron chi connectivity index (χ4n) is 2.23. The van der Waals surface area contributed by atoms with E-state index in [0.29, 0.717) is 0 Å². The van der Waals surface area contributed by atoms with E-state index in [1.165, 1.54) is 0 Å². The first-order valence-electron chi connectivity index (χ1n) is 6.32. The van der Waals surface area contributed by atoms with Crippen molar-refractivity contribution in [2.45, 2.75) is 25.9 Å². The molecular weight excluding hydrogens is 222 g/mol. The molecule has 0 aliphatic rings. The molecule has 0 saturated heterocycles. The van der Waals surface area contributed by atoms with Crippen LogP contribution in [-0.4, -0.2) is 5.11 Å². The van der Waals surface area contributed by atoms with Gasteiger partial charge in [0.05, 0.1) is 18.1 Å². The molecule has 92 valence electrons. The molecule has 2 rings (SSSR count). The van der Waals surface area contributed by atoms with Gasteiger partial charge in [0, 0.05) is 0 Å². The molecule has 0 radical (unpaired) electrons. The number of aliphatic hydroxyl groups is 1. The first kappa shape index (κ1) is 12.6. The molecule has 2 aromatic rings. The summed E-state index contributed by atoms with van der Waals surface area (Å²) in [6.07, 6.45) is 0.937. The van der Waals surface area contributed by atoms with Gasteiger partial charge < -0.3 is 5.11 Å². The molecule has 0 aliphatic carbocycles. The summed E-state index contributed by atoms with van der Waals surface area (Å²) in [4.78, 5) is 0. The fourth-order valence-corrected chi connectivity index (χ4v) is 2.23. The summed E-state index contributed by atoms with van der Waals surface area (Å²) in [7, 11) is 0. The van der Waals surface area contributed by atoms with E-state index in [9.17, 15) is 5.11 Å². The summed E-state index contributed by atoms with van der Waals surface area (Å²) >= 11 is 0. The van der Waals surface area contributed by atoms with E-state index in [1.807, 2.05) is 49.4 Å². The zero-order chi connectivity index (χ0) is 13.0. The molecule has 2 unspecified atom stereocenters. The molecule has 0 fully saturated rings. The highest BCUT2D eigenvalue weighted by Gasteiger charge is 2.19. The average molecular weight is 239 g/mol. The minimum absolute atomic E-state index is 0.323. The van der Waals surface area contributed by atoms with Gasteiger partial charge >= 0.3 is 0 Å². The lowest BCUT2D eigenvalue weighted by atomic mass is 9.92. The van der Waals surface area contributed by atoms with E-state index in [4.69, 9.17) is 5.26 Å². The summed E-state index contributed by atoms with van der Waals surface area (Å²) < 4.78 is 0. The number of aliphatic hydroxyl groups excluding tert-OH is 1. The molecule has 0 bridgehead atoms. The quantitative estimate of drug-likeness (QED) is 0.881. The molecule has 0 saturated carbocycles. The van der Waals surface area contributed by atoms with Gasteiger partial charge in [-0.05, 0) is 28.8 Å². The Hall–Kier alpha value is -1.85. The topological polar surface area (TPSA) is 44.0 Å². The van der Waals surface area contributed by atoms with Gasteiger partial charge in [-0.1, -0.05) is 49.7 Å².